The number of nitrogens with one attached hydrogen (secondary N) is 2. The highest BCUT2D eigenvalue weighted by molar-refractivity contribution is 7.80. The van der Waals surface area contributed by atoms with E-state index in [9.17, 15) is 19.7 Å². The maximum atomic E-state index is 13.4. The molecule has 2 N–H and O–H groups in total. The van der Waals surface area contributed by atoms with Crippen LogP contribution in [0.25, 0.3) is 0 Å². The summed E-state index contributed by atoms with van der Waals surface area (Å²) in [5, 5.41) is 17.4. The first-order chi connectivity index (χ1) is 16.8. The van der Waals surface area contributed by atoms with Crippen LogP contribution in [0.15, 0.2) is 72.9 Å². The van der Waals surface area contributed by atoms with Crippen LogP contribution in [-0.4, -0.2) is 44.4 Å². The van der Waals surface area contributed by atoms with Crippen LogP contribution in [0.5, 0.6) is 0 Å². The van der Waals surface area contributed by atoms with Gasteiger partial charge < -0.3 is 15.5 Å². The summed E-state index contributed by atoms with van der Waals surface area (Å²) in [4.78, 5) is 43.5. The number of nitro groups is 1. The van der Waals surface area contributed by atoms with Gasteiger partial charge >= 0.3 is 0 Å². The molecule has 12 heteroatoms. The van der Waals surface area contributed by atoms with Gasteiger partial charge in [-0.05, 0) is 54.7 Å². The Hall–Kier alpha value is -4.09. The Bertz CT molecular complexity index is 1260. The second kappa shape index (κ2) is 10.5. The molecule has 35 heavy (non-hydrogen) atoms. The molecule has 0 spiro atoms. The third kappa shape index (κ3) is 5.53. The van der Waals surface area contributed by atoms with E-state index in [2.05, 4.69) is 15.6 Å². The number of benzene rings is 2. The molecule has 0 aliphatic carbocycles. The van der Waals surface area contributed by atoms with Crippen molar-refractivity contribution in [2.45, 2.75) is 12.5 Å². The summed E-state index contributed by atoms with van der Waals surface area (Å²) >= 11 is 11.5. The Morgan fingerprint density at radius 3 is 2.46 bits per heavy atom. The number of amides is 2. The van der Waals surface area contributed by atoms with E-state index in [1.807, 2.05) is 6.07 Å². The number of halogens is 1. The van der Waals surface area contributed by atoms with Gasteiger partial charge in [-0.1, -0.05) is 29.8 Å². The molecule has 10 nitrogen and oxygen atoms in total. The first-order valence-electron chi connectivity index (χ1n) is 10.4. The number of anilines is 3. The highest BCUT2D eigenvalue weighted by atomic mass is 35.5. The maximum Gasteiger partial charge on any atom is 0.287 e. The number of thiocarbonyl (C=S) groups is 1. The largest absolute Gasteiger partial charge is 0.353 e. The van der Waals surface area contributed by atoms with Crippen molar-refractivity contribution in [2.75, 3.05) is 22.2 Å². The predicted octanol–water partition coefficient (Wildman–Crippen LogP) is 4.04. The molecule has 0 radical (unpaired) electrons. The smallest absolute Gasteiger partial charge is 0.287 e. The van der Waals surface area contributed by atoms with Crippen molar-refractivity contribution in [3.63, 3.8) is 0 Å². The fourth-order valence-electron chi connectivity index (χ4n) is 3.51. The molecular weight excluding hydrogens is 492 g/mol. The summed E-state index contributed by atoms with van der Waals surface area (Å²) < 4.78 is 0. The topological polar surface area (TPSA) is 121 Å². The van der Waals surface area contributed by atoms with E-state index in [-0.39, 0.29) is 35.7 Å². The molecule has 1 aliphatic heterocycles. The average Bonchev–Trinajstić information content (AvgIpc) is 3.08. The summed E-state index contributed by atoms with van der Waals surface area (Å²) in [7, 11) is 0. The summed E-state index contributed by atoms with van der Waals surface area (Å²) in [6.07, 6.45) is 0.976. The molecule has 2 aromatic carbocycles. The third-order valence-electron chi connectivity index (χ3n) is 5.23. The number of carbonyl (C=O) groups excluding carboxylic acids is 2. The molecule has 0 saturated carbocycles. The number of aromatic nitrogens is 1. The first-order valence-corrected chi connectivity index (χ1v) is 11.2. The quantitative estimate of drug-likeness (QED) is 0.264. The van der Waals surface area contributed by atoms with Gasteiger partial charge in [0.05, 0.1) is 23.7 Å². The highest BCUT2D eigenvalue weighted by Gasteiger charge is 2.44. The Morgan fingerprint density at radius 2 is 1.83 bits per heavy atom. The molecule has 178 valence electrons. The highest BCUT2D eigenvalue weighted by Crippen LogP contribution is 2.27. The molecule has 1 saturated heterocycles. The molecule has 1 aromatic heterocycles. The molecule has 2 heterocycles. The van der Waals surface area contributed by atoms with Crippen molar-refractivity contribution in [3.8, 4) is 0 Å². The van der Waals surface area contributed by atoms with Crippen LogP contribution in [0.4, 0.5) is 22.9 Å². The predicted molar refractivity (Wildman–Crippen MR) is 136 cm³/mol. The monoisotopic (exact) mass is 510 g/mol. The van der Waals surface area contributed by atoms with E-state index in [1.54, 1.807) is 53.4 Å². The zero-order valence-corrected chi connectivity index (χ0v) is 19.7. The van der Waals surface area contributed by atoms with E-state index in [0.717, 1.165) is 6.20 Å². The molecule has 1 atom stereocenters. The van der Waals surface area contributed by atoms with Crippen molar-refractivity contribution in [2.24, 2.45) is 0 Å². The first kappa shape index (κ1) is 24.0. The summed E-state index contributed by atoms with van der Waals surface area (Å²) in [5.74, 6) is -0.360. The van der Waals surface area contributed by atoms with Gasteiger partial charge in [-0.2, -0.15) is 0 Å². The van der Waals surface area contributed by atoms with Gasteiger partial charge in [0.2, 0.25) is 5.91 Å². The van der Waals surface area contributed by atoms with E-state index < -0.39 is 11.0 Å². The molecule has 4 rings (SSSR count). The van der Waals surface area contributed by atoms with Crippen molar-refractivity contribution < 1.29 is 14.5 Å². The standard InChI is InChI=1S/C23H19ClN6O4S/c24-15-6-8-16(9-7-15)27-21(31)12-19-22(32)29(17-4-2-1-3-5-17)23(35)28(19)14-26-20-11-10-18(13-25-20)30(33)34/h1-11,13,19H,12,14H2,(H,25,26)(H,27,31). The lowest BCUT2D eigenvalue weighted by Gasteiger charge is -2.24. The van der Waals surface area contributed by atoms with Gasteiger partial charge in [-0.3, -0.25) is 24.6 Å². The number of para-hydroxylation sites is 1. The van der Waals surface area contributed by atoms with Crippen molar-refractivity contribution in [1.82, 2.24) is 9.88 Å². The minimum atomic E-state index is -0.874. The molecule has 3 aromatic rings. The van der Waals surface area contributed by atoms with E-state index in [4.69, 9.17) is 23.8 Å². The van der Waals surface area contributed by atoms with Crippen LogP contribution in [0.2, 0.25) is 5.02 Å². The normalized spacial score (nSPS) is 15.3. The molecular formula is C23H19ClN6O4S. The molecule has 0 bridgehead atoms. The van der Waals surface area contributed by atoms with E-state index in [1.165, 1.54) is 17.0 Å². The third-order valence-corrected chi connectivity index (χ3v) is 5.90. The molecule has 1 aliphatic rings. The fourth-order valence-corrected chi connectivity index (χ4v) is 4.03. The van der Waals surface area contributed by atoms with Gasteiger partial charge in [0.15, 0.2) is 5.11 Å². The van der Waals surface area contributed by atoms with Crippen LogP contribution >= 0.6 is 23.8 Å². The van der Waals surface area contributed by atoms with Gasteiger partial charge in [0, 0.05) is 16.8 Å². The number of nitrogens with zero attached hydrogens (tertiary/aromatic N) is 4. The van der Waals surface area contributed by atoms with E-state index >= 15 is 0 Å². The SMILES string of the molecule is O=C(CC1C(=O)N(c2ccccc2)C(=S)N1CNc1ccc([N+](=O)[O-])cn1)Nc1ccc(Cl)cc1. The lowest BCUT2D eigenvalue weighted by molar-refractivity contribution is -0.385. The zero-order chi connectivity index (χ0) is 24.9. The maximum absolute atomic E-state index is 13.4. The van der Waals surface area contributed by atoms with Crippen LogP contribution in [0.3, 0.4) is 0 Å². The Labute approximate surface area is 210 Å². The number of rotatable bonds is 8. The van der Waals surface area contributed by atoms with Gasteiger partial charge in [-0.25, -0.2) is 4.98 Å². The number of hydrogen-bond donors (Lipinski definition) is 2. The van der Waals surface area contributed by atoms with Crippen LogP contribution in [0.1, 0.15) is 6.42 Å². The molecule has 1 unspecified atom stereocenters. The Balaban J connectivity index is 1.53. The van der Waals surface area contributed by atoms with Crippen molar-refractivity contribution in [1.29, 1.82) is 0 Å². The van der Waals surface area contributed by atoms with Gasteiger partial charge in [0.1, 0.15) is 18.1 Å². The Kier molecular flexibility index (Phi) is 7.18. The summed E-state index contributed by atoms with van der Waals surface area (Å²) in [5.41, 5.74) is 0.989. The number of hydrogen-bond acceptors (Lipinski definition) is 7. The minimum Gasteiger partial charge on any atom is -0.353 e. The number of pyridine rings is 1. The molecule has 1 fully saturated rings. The lowest BCUT2D eigenvalue weighted by atomic mass is 10.1. The average molecular weight is 511 g/mol. The fraction of sp³-hybridized carbons (Fsp3) is 0.130. The second-order valence-electron chi connectivity index (χ2n) is 7.53. The zero-order valence-electron chi connectivity index (χ0n) is 18.1. The van der Waals surface area contributed by atoms with Crippen LogP contribution in [-0.2, 0) is 9.59 Å². The number of carbonyl (C=O) groups is 2. The second-order valence-corrected chi connectivity index (χ2v) is 8.33. The van der Waals surface area contributed by atoms with Gasteiger partial charge in [-0.15, -0.1) is 0 Å². The van der Waals surface area contributed by atoms with Gasteiger partial charge in [0.25, 0.3) is 11.6 Å². The summed E-state index contributed by atoms with van der Waals surface area (Å²) in [6, 6.07) is 17.4. The Morgan fingerprint density at radius 1 is 1.11 bits per heavy atom. The minimum absolute atomic E-state index is 0.0532. The lowest BCUT2D eigenvalue weighted by Crippen LogP contribution is -2.41. The van der Waals surface area contributed by atoms with Crippen molar-refractivity contribution in [3.05, 3.63) is 88.1 Å². The summed E-state index contributed by atoms with van der Waals surface area (Å²) in [6.45, 7) is 0.0532. The van der Waals surface area contributed by atoms with Crippen molar-refractivity contribution >= 4 is 63.6 Å². The van der Waals surface area contributed by atoms with E-state index in [0.29, 0.717) is 22.2 Å². The van der Waals surface area contributed by atoms with Crippen LogP contribution in [0, 0.1) is 10.1 Å². The van der Waals surface area contributed by atoms with Crippen LogP contribution < -0.4 is 15.5 Å². The molecule has 2 amide bonds.